The van der Waals surface area contributed by atoms with E-state index < -0.39 is 12.1 Å². The number of nitrogens with zero attached hydrogens (tertiary/aromatic N) is 2. The summed E-state index contributed by atoms with van der Waals surface area (Å²) in [7, 11) is 3.26. The summed E-state index contributed by atoms with van der Waals surface area (Å²) in [5.41, 5.74) is 2.73. The summed E-state index contributed by atoms with van der Waals surface area (Å²) in [6.07, 6.45) is 10.6. The highest BCUT2D eigenvalue weighted by Gasteiger charge is 2.29. The first-order valence-electron chi connectivity index (χ1n) is 20.2. The van der Waals surface area contributed by atoms with E-state index >= 15 is 0 Å². The first-order chi connectivity index (χ1) is 28.7. The fourth-order valence-electron chi connectivity index (χ4n) is 6.73. The monoisotopic (exact) mass is 852 g/mol. The van der Waals surface area contributed by atoms with Crippen LogP contribution in [0.5, 0.6) is 11.5 Å². The third kappa shape index (κ3) is 12.2. The van der Waals surface area contributed by atoms with E-state index in [9.17, 15) is 19.2 Å². The van der Waals surface area contributed by atoms with Crippen LogP contribution in [0.25, 0.3) is 0 Å². The fourth-order valence-corrected chi connectivity index (χ4v) is 7.13. The summed E-state index contributed by atoms with van der Waals surface area (Å²) in [6.45, 7) is 7.38. The van der Waals surface area contributed by atoms with Gasteiger partial charge in [0.2, 0.25) is 11.8 Å². The predicted octanol–water partition coefficient (Wildman–Crippen LogP) is 9.55. The molecule has 0 unspecified atom stereocenters. The first kappa shape index (κ1) is 45.5. The number of hydrogen-bond donors (Lipinski definition) is 2. The van der Waals surface area contributed by atoms with E-state index in [1.54, 1.807) is 76.5 Å². The molecular weight excluding hydrogens is 799 g/mol. The predicted molar refractivity (Wildman–Crippen MR) is 238 cm³/mol. The minimum atomic E-state index is -0.656. The zero-order valence-electron chi connectivity index (χ0n) is 34.9. The van der Waals surface area contributed by atoms with Crippen LogP contribution in [0.15, 0.2) is 121 Å². The molecule has 2 aliphatic rings. The maximum absolute atomic E-state index is 13.1. The summed E-state index contributed by atoms with van der Waals surface area (Å²) in [4.78, 5) is 55.0. The number of fused-ring (bicyclic) bond motifs is 2. The minimum Gasteiger partial charge on any atom is -0.490 e. The van der Waals surface area contributed by atoms with Gasteiger partial charge in [0.25, 0.3) is 11.8 Å². The van der Waals surface area contributed by atoms with Crippen molar-refractivity contribution >= 4 is 46.8 Å². The molecule has 0 bridgehead atoms. The number of carbonyl (C=O) groups excluding carboxylic acids is 4. The molecule has 6 atom stereocenters. The molecule has 2 heterocycles. The number of likely N-dealkylation sites (N-methyl/N-ethyl adjacent to an activating group) is 2. The lowest BCUT2D eigenvalue weighted by Gasteiger charge is -2.28. The largest absolute Gasteiger partial charge is 0.490 e. The number of rotatable bonds is 2. The van der Waals surface area contributed by atoms with Crippen molar-refractivity contribution in [2.75, 3.05) is 14.1 Å². The number of nitrogens with one attached hydrogen (secondary N) is 2. The van der Waals surface area contributed by atoms with Gasteiger partial charge in [0, 0.05) is 37.0 Å². The van der Waals surface area contributed by atoms with Crippen LogP contribution in [-0.2, 0) is 9.59 Å². The van der Waals surface area contributed by atoms with Gasteiger partial charge in [0.05, 0.1) is 35.4 Å². The van der Waals surface area contributed by atoms with Crippen molar-refractivity contribution in [3.63, 3.8) is 0 Å². The van der Waals surface area contributed by atoms with Crippen molar-refractivity contribution in [2.45, 2.75) is 89.8 Å². The lowest BCUT2D eigenvalue weighted by molar-refractivity contribution is -0.126. The van der Waals surface area contributed by atoms with E-state index in [1.165, 1.54) is 9.80 Å². The molecule has 0 spiro atoms. The molecule has 10 nitrogen and oxygen atoms in total. The highest BCUT2D eigenvalue weighted by molar-refractivity contribution is 6.30. The third-order valence-corrected chi connectivity index (χ3v) is 11.1. The molecule has 0 saturated carbocycles. The van der Waals surface area contributed by atoms with E-state index in [1.807, 2.05) is 86.7 Å². The summed E-state index contributed by atoms with van der Waals surface area (Å²) >= 11 is 12.3. The number of amides is 4. The Balaban J connectivity index is 0.000000228. The van der Waals surface area contributed by atoms with Crippen molar-refractivity contribution in [1.82, 2.24) is 20.4 Å². The van der Waals surface area contributed by atoms with Crippen molar-refractivity contribution in [2.24, 2.45) is 0 Å². The van der Waals surface area contributed by atoms with Crippen molar-refractivity contribution in [3.05, 3.63) is 154 Å². The smallest absolute Gasteiger partial charge is 0.258 e. The fraction of sp³-hybridized carbons (Fsp3) is 0.333. The number of ether oxygens (including phenoxy) is 2. The Morgan fingerprint density at radius 3 is 1.27 bits per heavy atom. The molecular formula is C48H54Cl2N4O6. The molecule has 316 valence electrons. The van der Waals surface area contributed by atoms with Crippen molar-refractivity contribution in [1.29, 1.82) is 0 Å². The van der Waals surface area contributed by atoms with Crippen LogP contribution in [0.1, 0.15) is 97.3 Å². The number of benzene rings is 4. The average molecular weight is 854 g/mol. The summed E-state index contributed by atoms with van der Waals surface area (Å²) < 4.78 is 12.1. The van der Waals surface area contributed by atoms with Gasteiger partial charge in [0.1, 0.15) is 23.6 Å². The molecule has 0 saturated heterocycles. The Hall–Kier alpha value is -5.58. The van der Waals surface area contributed by atoms with Gasteiger partial charge in [0.15, 0.2) is 0 Å². The van der Waals surface area contributed by atoms with E-state index in [0.29, 0.717) is 58.4 Å². The second-order valence-electron chi connectivity index (χ2n) is 15.2. The zero-order chi connectivity index (χ0) is 43.3. The Labute approximate surface area is 363 Å². The number of para-hydroxylation sites is 2. The summed E-state index contributed by atoms with van der Waals surface area (Å²) in [5.74, 6) is 0.0780. The molecule has 12 heteroatoms. The zero-order valence-corrected chi connectivity index (χ0v) is 36.5. The SMILES string of the molecule is C[C@H]1C/C=C/C[C@H](c2cccc(Cl)c2)NC(=O)[C@H](C)N(C)C(=O)c2ccccc2O1.C[C@H]1C/C=C\C[C@H](c2cccc(Cl)c2)NC(=O)[C@H](C)N(C)C(=O)c2ccccc2O1. The molecule has 0 fully saturated rings. The maximum Gasteiger partial charge on any atom is 0.258 e. The summed E-state index contributed by atoms with van der Waals surface area (Å²) in [5, 5.41) is 7.38. The van der Waals surface area contributed by atoms with Gasteiger partial charge in [-0.3, -0.25) is 19.2 Å². The van der Waals surface area contributed by atoms with Crippen LogP contribution < -0.4 is 20.1 Å². The standard InChI is InChI=1S/2C24H27ClN2O3/c2*1-16-9-4-6-13-21(18-10-8-11-19(25)15-18)26-23(28)17(2)27(3)24(29)20-12-5-7-14-22(20)30-16/h2*4-8,10-12,14-17,21H,9,13H2,1-3H3,(H,26,28)/b6-4+;6-4-/t2*16-,17-,21+/m00/s1. The van der Waals surface area contributed by atoms with Gasteiger partial charge < -0.3 is 29.9 Å². The molecule has 6 rings (SSSR count). The lowest BCUT2D eigenvalue weighted by Crippen LogP contribution is -2.47. The number of hydrogen-bond acceptors (Lipinski definition) is 6. The molecule has 0 aliphatic carbocycles. The third-order valence-electron chi connectivity index (χ3n) is 10.6. The van der Waals surface area contributed by atoms with Crippen LogP contribution in [-0.4, -0.2) is 71.8 Å². The van der Waals surface area contributed by atoms with Crippen LogP contribution in [0.4, 0.5) is 0 Å². The molecule has 0 aromatic heterocycles. The van der Waals surface area contributed by atoms with Crippen molar-refractivity contribution < 1.29 is 28.7 Å². The van der Waals surface area contributed by atoms with Gasteiger partial charge in [-0.25, -0.2) is 0 Å². The van der Waals surface area contributed by atoms with Gasteiger partial charge in [-0.2, -0.15) is 0 Å². The minimum absolute atomic E-state index is 0.0971. The quantitative estimate of drug-likeness (QED) is 0.194. The topological polar surface area (TPSA) is 117 Å². The number of halogens is 2. The molecule has 4 aromatic rings. The van der Waals surface area contributed by atoms with Gasteiger partial charge >= 0.3 is 0 Å². The Bertz CT molecular complexity index is 2040. The van der Waals surface area contributed by atoms with Gasteiger partial charge in [-0.05, 0) is 100 Å². The average Bonchev–Trinajstić information content (AvgIpc) is 3.24. The molecule has 60 heavy (non-hydrogen) atoms. The van der Waals surface area contributed by atoms with Gasteiger partial charge in [-0.15, -0.1) is 0 Å². The van der Waals surface area contributed by atoms with Gasteiger partial charge in [-0.1, -0.05) is 96.0 Å². The normalized spacial score (nSPS) is 24.3. The maximum atomic E-state index is 13.1. The van der Waals surface area contributed by atoms with Crippen molar-refractivity contribution in [3.8, 4) is 11.5 Å². The highest BCUT2D eigenvalue weighted by atomic mass is 35.5. The van der Waals surface area contributed by atoms with Crippen LogP contribution in [0.2, 0.25) is 10.0 Å². The van der Waals surface area contributed by atoms with E-state index in [0.717, 1.165) is 11.1 Å². The number of carbonyl (C=O) groups is 4. The van der Waals surface area contributed by atoms with E-state index in [2.05, 4.69) is 10.6 Å². The molecule has 2 N–H and O–H groups in total. The highest BCUT2D eigenvalue weighted by Crippen LogP contribution is 2.27. The lowest BCUT2D eigenvalue weighted by atomic mass is 10.0. The van der Waals surface area contributed by atoms with Crippen LogP contribution >= 0.6 is 23.2 Å². The second-order valence-corrected chi connectivity index (χ2v) is 16.0. The molecule has 4 aromatic carbocycles. The molecule has 0 radical (unpaired) electrons. The molecule has 2 aliphatic heterocycles. The Kier molecular flexibility index (Phi) is 16.4. The van der Waals surface area contributed by atoms with E-state index in [-0.39, 0.29) is 47.9 Å². The second kappa shape index (κ2) is 21.6. The Morgan fingerprint density at radius 2 is 0.883 bits per heavy atom. The summed E-state index contributed by atoms with van der Waals surface area (Å²) in [6, 6.07) is 27.4. The van der Waals surface area contributed by atoms with Crippen LogP contribution in [0.3, 0.4) is 0 Å². The first-order valence-corrected chi connectivity index (χ1v) is 21.0. The van der Waals surface area contributed by atoms with E-state index in [4.69, 9.17) is 32.7 Å². The van der Waals surface area contributed by atoms with Crippen LogP contribution in [0, 0.1) is 0 Å². The molecule has 4 amide bonds. The Morgan fingerprint density at radius 1 is 0.517 bits per heavy atom.